The van der Waals surface area contributed by atoms with Crippen molar-refractivity contribution in [3.05, 3.63) is 59.9 Å². The van der Waals surface area contributed by atoms with Crippen LogP contribution in [0.15, 0.2) is 53.4 Å². The number of carbonyl (C=O) groups excluding carboxylic acids is 1. The largest absolute Gasteiger partial charge is 0.326 e. The van der Waals surface area contributed by atoms with Crippen molar-refractivity contribution in [1.82, 2.24) is 0 Å². The maximum Gasteiger partial charge on any atom is 0.224 e. The molecule has 0 bridgehead atoms. The lowest BCUT2D eigenvalue weighted by Crippen LogP contribution is -2.12. The molecule has 0 aliphatic carbocycles. The molecule has 0 atom stereocenters. The molecule has 1 amide bonds. The fourth-order valence-corrected chi connectivity index (χ4v) is 2.33. The number of amides is 1. The average molecular weight is 289 g/mol. The van der Waals surface area contributed by atoms with Gasteiger partial charge < -0.3 is 5.32 Å². The third kappa shape index (κ3) is 4.10. The van der Waals surface area contributed by atoms with Crippen molar-refractivity contribution < 1.29 is 9.18 Å². The summed E-state index contributed by atoms with van der Waals surface area (Å²) in [5.41, 5.74) is 1.34. The third-order valence-electron chi connectivity index (χ3n) is 2.93. The summed E-state index contributed by atoms with van der Waals surface area (Å²) < 4.78 is 13.4. The molecule has 0 unspecified atom stereocenters. The highest BCUT2D eigenvalue weighted by atomic mass is 32.2. The first kappa shape index (κ1) is 14.6. The quantitative estimate of drug-likeness (QED) is 0.839. The van der Waals surface area contributed by atoms with Crippen molar-refractivity contribution in [2.45, 2.75) is 17.7 Å². The van der Waals surface area contributed by atoms with Crippen molar-refractivity contribution in [2.24, 2.45) is 0 Å². The molecule has 4 heteroatoms. The van der Waals surface area contributed by atoms with Gasteiger partial charge in [-0.15, -0.1) is 11.8 Å². The van der Waals surface area contributed by atoms with Crippen LogP contribution >= 0.6 is 11.8 Å². The number of benzene rings is 2. The molecular formula is C16H16FNOS. The lowest BCUT2D eigenvalue weighted by molar-refractivity contribution is -0.116. The van der Waals surface area contributed by atoms with E-state index >= 15 is 0 Å². The smallest absolute Gasteiger partial charge is 0.224 e. The van der Waals surface area contributed by atoms with E-state index in [-0.39, 0.29) is 18.1 Å². The van der Waals surface area contributed by atoms with E-state index in [4.69, 9.17) is 0 Å². The van der Waals surface area contributed by atoms with Crippen molar-refractivity contribution in [3.63, 3.8) is 0 Å². The van der Waals surface area contributed by atoms with Crippen molar-refractivity contribution in [1.29, 1.82) is 0 Å². The maximum atomic E-state index is 13.4. The van der Waals surface area contributed by atoms with Crippen LogP contribution in [0.5, 0.6) is 0 Å². The lowest BCUT2D eigenvalue weighted by atomic mass is 10.1. The second-order valence-electron chi connectivity index (χ2n) is 4.37. The maximum absolute atomic E-state index is 13.4. The minimum Gasteiger partial charge on any atom is -0.326 e. The highest BCUT2D eigenvalue weighted by Crippen LogP contribution is 2.19. The van der Waals surface area contributed by atoms with Gasteiger partial charge in [-0.2, -0.15) is 0 Å². The molecule has 0 fully saturated rings. The molecule has 2 rings (SSSR count). The van der Waals surface area contributed by atoms with E-state index in [2.05, 4.69) is 5.32 Å². The monoisotopic (exact) mass is 289 g/mol. The van der Waals surface area contributed by atoms with E-state index in [0.717, 1.165) is 10.6 Å². The van der Waals surface area contributed by atoms with E-state index in [1.165, 1.54) is 6.07 Å². The SMILES string of the molecule is CSc1cccc(NC(=O)CCc2ccccc2F)c1. The zero-order valence-corrected chi connectivity index (χ0v) is 12.0. The molecule has 0 radical (unpaired) electrons. The van der Waals surface area contributed by atoms with Crippen molar-refractivity contribution in [2.75, 3.05) is 11.6 Å². The molecule has 104 valence electrons. The van der Waals surface area contributed by atoms with E-state index < -0.39 is 0 Å². The molecule has 0 saturated heterocycles. The highest BCUT2D eigenvalue weighted by Gasteiger charge is 2.06. The number of rotatable bonds is 5. The zero-order chi connectivity index (χ0) is 14.4. The standard InChI is InChI=1S/C16H16FNOS/c1-20-14-7-4-6-13(11-14)18-16(19)10-9-12-5-2-3-8-15(12)17/h2-8,11H,9-10H2,1H3,(H,18,19). The molecule has 2 aromatic carbocycles. The molecule has 0 spiro atoms. The number of hydrogen-bond donors (Lipinski definition) is 1. The molecule has 20 heavy (non-hydrogen) atoms. The Hall–Kier alpha value is -1.81. The number of nitrogens with one attached hydrogen (secondary N) is 1. The van der Waals surface area contributed by atoms with Crippen LogP contribution in [-0.4, -0.2) is 12.2 Å². The van der Waals surface area contributed by atoms with Gasteiger partial charge in [-0.25, -0.2) is 4.39 Å². The van der Waals surface area contributed by atoms with Crippen LogP contribution in [0.4, 0.5) is 10.1 Å². The fourth-order valence-electron chi connectivity index (χ4n) is 1.87. The van der Waals surface area contributed by atoms with Crippen LogP contribution in [0.1, 0.15) is 12.0 Å². The molecule has 2 aromatic rings. The summed E-state index contributed by atoms with van der Waals surface area (Å²) in [6.45, 7) is 0. The Balaban J connectivity index is 1.91. The van der Waals surface area contributed by atoms with Gasteiger partial charge in [0.1, 0.15) is 5.82 Å². The first-order valence-electron chi connectivity index (χ1n) is 6.36. The molecule has 0 heterocycles. The van der Waals surface area contributed by atoms with Crippen LogP contribution in [0, 0.1) is 5.82 Å². The second-order valence-corrected chi connectivity index (χ2v) is 5.25. The predicted octanol–water partition coefficient (Wildman–Crippen LogP) is 4.12. The van der Waals surface area contributed by atoms with E-state index in [9.17, 15) is 9.18 Å². The van der Waals surface area contributed by atoms with Crippen LogP contribution < -0.4 is 5.32 Å². The summed E-state index contributed by atoms with van der Waals surface area (Å²) in [6.07, 6.45) is 2.66. The molecule has 0 aromatic heterocycles. The van der Waals surface area contributed by atoms with Gasteiger partial charge in [0, 0.05) is 17.0 Å². The second kappa shape index (κ2) is 7.10. The van der Waals surface area contributed by atoms with Gasteiger partial charge in [0.2, 0.25) is 5.91 Å². The molecule has 1 N–H and O–H groups in total. The molecular weight excluding hydrogens is 273 g/mol. The van der Waals surface area contributed by atoms with Gasteiger partial charge in [0.25, 0.3) is 0 Å². The highest BCUT2D eigenvalue weighted by molar-refractivity contribution is 7.98. The van der Waals surface area contributed by atoms with Crippen molar-refractivity contribution >= 4 is 23.4 Å². The van der Waals surface area contributed by atoms with E-state index in [1.807, 2.05) is 30.5 Å². The molecule has 0 aliphatic heterocycles. The average Bonchev–Trinajstić information content (AvgIpc) is 2.46. The van der Waals surface area contributed by atoms with Gasteiger partial charge in [-0.1, -0.05) is 24.3 Å². The normalized spacial score (nSPS) is 10.3. The van der Waals surface area contributed by atoms with Crippen LogP contribution in [-0.2, 0) is 11.2 Å². The molecule has 0 aliphatic rings. The molecule has 2 nitrogen and oxygen atoms in total. The summed E-state index contributed by atoms with van der Waals surface area (Å²) in [4.78, 5) is 13.0. The zero-order valence-electron chi connectivity index (χ0n) is 11.2. The summed E-state index contributed by atoms with van der Waals surface area (Å²) in [5, 5.41) is 2.83. The number of halogens is 1. The van der Waals surface area contributed by atoms with Gasteiger partial charge in [-0.3, -0.25) is 4.79 Å². The topological polar surface area (TPSA) is 29.1 Å². The minimum atomic E-state index is -0.260. The van der Waals surface area contributed by atoms with Crippen LogP contribution in [0.25, 0.3) is 0 Å². The van der Waals surface area contributed by atoms with Crippen LogP contribution in [0.3, 0.4) is 0 Å². The van der Waals surface area contributed by atoms with Gasteiger partial charge in [-0.05, 0) is 42.5 Å². The van der Waals surface area contributed by atoms with Gasteiger partial charge in [0.05, 0.1) is 0 Å². The predicted molar refractivity (Wildman–Crippen MR) is 81.6 cm³/mol. The number of aryl methyl sites for hydroxylation is 1. The number of thioether (sulfide) groups is 1. The van der Waals surface area contributed by atoms with Crippen LogP contribution in [0.2, 0.25) is 0 Å². The Morgan fingerprint density at radius 3 is 2.75 bits per heavy atom. The first-order valence-corrected chi connectivity index (χ1v) is 7.59. The van der Waals surface area contributed by atoms with E-state index in [0.29, 0.717) is 12.0 Å². The molecule has 0 saturated carbocycles. The number of hydrogen-bond acceptors (Lipinski definition) is 2. The summed E-state index contributed by atoms with van der Waals surface area (Å²) in [6, 6.07) is 14.2. The van der Waals surface area contributed by atoms with Gasteiger partial charge in [0.15, 0.2) is 0 Å². The Kier molecular flexibility index (Phi) is 5.18. The number of anilines is 1. The fraction of sp³-hybridized carbons (Fsp3) is 0.188. The summed E-state index contributed by atoms with van der Waals surface area (Å²) in [7, 11) is 0. The minimum absolute atomic E-state index is 0.105. The summed E-state index contributed by atoms with van der Waals surface area (Å²) in [5.74, 6) is -0.365. The Morgan fingerprint density at radius 2 is 2.00 bits per heavy atom. The van der Waals surface area contributed by atoms with E-state index in [1.54, 1.807) is 30.0 Å². The Bertz CT molecular complexity index is 601. The Morgan fingerprint density at radius 1 is 1.20 bits per heavy atom. The first-order chi connectivity index (χ1) is 9.69. The summed E-state index contributed by atoms with van der Waals surface area (Å²) >= 11 is 1.62. The lowest BCUT2D eigenvalue weighted by Gasteiger charge is -2.07. The number of carbonyl (C=O) groups is 1. The Labute approximate surface area is 122 Å². The van der Waals surface area contributed by atoms with Gasteiger partial charge >= 0.3 is 0 Å². The van der Waals surface area contributed by atoms with Crippen molar-refractivity contribution in [3.8, 4) is 0 Å². The third-order valence-corrected chi connectivity index (χ3v) is 3.66.